The number of aliphatic imine (C=N–C) groups is 1. The van der Waals surface area contributed by atoms with Crippen molar-refractivity contribution in [3.05, 3.63) is 98.4 Å². The number of nitrogens with one attached hydrogen (secondary N) is 1. The molecule has 1 fully saturated rings. The summed E-state index contributed by atoms with van der Waals surface area (Å²) in [5, 5.41) is 13.0. The Kier molecular flexibility index (Phi) is 7.03. The molecule has 3 aromatic rings. The summed E-state index contributed by atoms with van der Waals surface area (Å²) in [6.45, 7) is 0.253. The van der Waals surface area contributed by atoms with Gasteiger partial charge in [-0.25, -0.2) is 9.79 Å². The number of ether oxygens (including phenoxy) is 1. The fraction of sp³-hybridized carbons (Fsp3) is 0.0417. The van der Waals surface area contributed by atoms with Crippen LogP contribution in [0.4, 0.5) is 5.69 Å². The van der Waals surface area contributed by atoms with Gasteiger partial charge in [-0.3, -0.25) is 4.79 Å². The quantitative estimate of drug-likeness (QED) is 0.397. The second kappa shape index (κ2) is 10.1. The molecule has 2 N–H and O–H groups in total. The standard InChI is InChI=1S/C24H16Cl2N2O4S/c25-18-10-9-17(12-19(18)26)27-24-28-22(29)21(33-24)11-16-3-1-2-4-20(16)32-13-14-5-7-15(8-6-14)23(30)31/h1-12H,13H2,(H,30,31)(H,27,28,29)/b21-11-. The summed E-state index contributed by atoms with van der Waals surface area (Å²) in [4.78, 5) is 28.3. The first-order chi connectivity index (χ1) is 15.9. The highest BCUT2D eigenvalue weighted by Gasteiger charge is 2.24. The number of nitrogens with zero attached hydrogens (tertiary/aromatic N) is 1. The van der Waals surface area contributed by atoms with Crippen molar-refractivity contribution in [2.24, 2.45) is 4.99 Å². The van der Waals surface area contributed by atoms with Crippen LogP contribution < -0.4 is 10.1 Å². The van der Waals surface area contributed by atoms with E-state index in [0.29, 0.717) is 31.6 Å². The SMILES string of the molecule is O=C1NC(=Nc2ccc(Cl)c(Cl)c2)S/C1=C\c1ccccc1OCc1ccc(C(=O)O)cc1. The van der Waals surface area contributed by atoms with Crippen LogP contribution in [0, 0.1) is 0 Å². The monoisotopic (exact) mass is 498 g/mol. The number of hydrogen-bond acceptors (Lipinski definition) is 5. The van der Waals surface area contributed by atoms with Crippen LogP contribution in [0.25, 0.3) is 6.08 Å². The first-order valence-electron chi connectivity index (χ1n) is 9.68. The average molecular weight is 499 g/mol. The topological polar surface area (TPSA) is 88.0 Å². The number of thioether (sulfide) groups is 1. The van der Waals surface area contributed by atoms with Crippen molar-refractivity contribution in [3.63, 3.8) is 0 Å². The number of halogens is 2. The molecule has 33 heavy (non-hydrogen) atoms. The average Bonchev–Trinajstić information content (AvgIpc) is 3.14. The largest absolute Gasteiger partial charge is 0.488 e. The number of amidine groups is 1. The number of carboxylic acid groups (broad SMARTS) is 1. The van der Waals surface area contributed by atoms with Gasteiger partial charge in [-0.1, -0.05) is 53.5 Å². The summed E-state index contributed by atoms with van der Waals surface area (Å²) in [6, 6.07) is 18.8. The third-order valence-electron chi connectivity index (χ3n) is 4.59. The predicted octanol–water partition coefficient (Wildman–Crippen LogP) is 6.16. The molecule has 0 bridgehead atoms. The van der Waals surface area contributed by atoms with Crippen LogP contribution in [0.1, 0.15) is 21.5 Å². The van der Waals surface area contributed by atoms with Gasteiger partial charge in [-0.2, -0.15) is 0 Å². The van der Waals surface area contributed by atoms with Crippen LogP contribution >= 0.6 is 35.0 Å². The van der Waals surface area contributed by atoms with Gasteiger partial charge in [0.1, 0.15) is 12.4 Å². The Labute approximate surface area is 203 Å². The number of benzene rings is 3. The number of carbonyl (C=O) groups excluding carboxylic acids is 1. The highest BCUT2D eigenvalue weighted by Crippen LogP contribution is 2.32. The molecule has 0 atom stereocenters. The van der Waals surface area contributed by atoms with Crippen molar-refractivity contribution < 1.29 is 19.4 Å². The van der Waals surface area contributed by atoms with E-state index in [-0.39, 0.29) is 18.1 Å². The zero-order valence-electron chi connectivity index (χ0n) is 16.9. The number of hydrogen-bond donors (Lipinski definition) is 2. The molecule has 1 amide bonds. The van der Waals surface area contributed by atoms with E-state index >= 15 is 0 Å². The second-order valence-electron chi connectivity index (χ2n) is 6.91. The summed E-state index contributed by atoms with van der Waals surface area (Å²) in [5.74, 6) is -0.651. The van der Waals surface area contributed by atoms with E-state index in [1.807, 2.05) is 18.2 Å². The molecular formula is C24H16Cl2N2O4S. The Balaban J connectivity index is 1.49. The van der Waals surface area contributed by atoms with Crippen LogP contribution in [-0.4, -0.2) is 22.2 Å². The number of aromatic carboxylic acids is 1. The lowest BCUT2D eigenvalue weighted by atomic mass is 10.1. The molecule has 1 aliphatic heterocycles. The number of carboxylic acids is 1. The maximum atomic E-state index is 12.5. The first-order valence-corrected chi connectivity index (χ1v) is 11.2. The van der Waals surface area contributed by atoms with Gasteiger partial charge in [0, 0.05) is 5.56 Å². The summed E-state index contributed by atoms with van der Waals surface area (Å²) in [7, 11) is 0. The van der Waals surface area contributed by atoms with Crippen LogP contribution in [-0.2, 0) is 11.4 Å². The van der Waals surface area contributed by atoms with E-state index in [1.54, 1.807) is 42.5 Å². The molecule has 0 saturated carbocycles. The smallest absolute Gasteiger partial charge is 0.335 e. The maximum absolute atomic E-state index is 12.5. The van der Waals surface area contributed by atoms with Crippen LogP contribution in [0.3, 0.4) is 0 Å². The lowest BCUT2D eigenvalue weighted by Gasteiger charge is -2.10. The molecule has 0 radical (unpaired) electrons. The van der Waals surface area contributed by atoms with E-state index in [2.05, 4.69) is 10.3 Å². The summed E-state index contributed by atoms with van der Waals surface area (Å²) < 4.78 is 5.93. The highest BCUT2D eigenvalue weighted by atomic mass is 35.5. The van der Waals surface area contributed by atoms with E-state index in [1.165, 1.54) is 23.9 Å². The zero-order chi connectivity index (χ0) is 23.4. The molecule has 3 aromatic carbocycles. The molecule has 6 nitrogen and oxygen atoms in total. The minimum Gasteiger partial charge on any atom is -0.488 e. The third-order valence-corrected chi connectivity index (χ3v) is 6.23. The number of para-hydroxylation sites is 1. The molecule has 9 heteroatoms. The Morgan fingerprint density at radius 3 is 2.55 bits per heavy atom. The van der Waals surface area contributed by atoms with Crippen molar-refractivity contribution in [2.75, 3.05) is 0 Å². The first kappa shape index (κ1) is 22.9. The van der Waals surface area contributed by atoms with E-state index in [0.717, 1.165) is 11.1 Å². The fourth-order valence-electron chi connectivity index (χ4n) is 2.93. The molecule has 1 saturated heterocycles. The van der Waals surface area contributed by atoms with E-state index in [4.69, 9.17) is 33.0 Å². The second-order valence-corrected chi connectivity index (χ2v) is 8.75. The van der Waals surface area contributed by atoms with Gasteiger partial charge >= 0.3 is 5.97 Å². The van der Waals surface area contributed by atoms with Crippen molar-refractivity contribution in [3.8, 4) is 5.75 Å². The number of amides is 1. The molecule has 0 aromatic heterocycles. The maximum Gasteiger partial charge on any atom is 0.335 e. The fourth-order valence-corrected chi connectivity index (χ4v) is 4.05. The van der Waals surface area contributed by atoms with Gasteiger partial charge in [0.05, 0.1) is 26.2 Å². The normalized spacial score (nSPS) is 15.6. The Bertz CT molecular complexity index is 1290. The van der Waals surface area contributed by atoms with Gasteiger partial charge < -0.3 is 15.2 Å². The summed E-state index contributed by atoms with van der Waals surface area (Å²) in [5.41, 5.74) is 2.34. The minimum absolute atomic E-state index is 0.214. The molecule has 1 aliphatic rings. The summed E-state index contributed by atoms with van der Waals surface area (Å²) in [6.07, 6.45) is 1.74. The van der Waals surface area contributed by atoms with Crippen LogP contribution in [0.5, 0.6) is 5.75 Å². The lowest BCUT2D eigenvalue weighted by Crippen LogP contribution is -2.19. The van der Waals surface area contributed by atoms with Crippen LogP contribution in [0.2, 0.25) is 10.0 Å². The van der Waals surface area contributed by atoms with Crippen molar-refractivity contribution in [1.82, 2.24) is 5.32 Å². The molecule has 4 rings (SSSR count). The Hall–Kier alpha value is -3.26. The molecular weight excluding hydrogens is 483 g/mol. The Morgan fingerprint density at radius 1 is 1.06 bits per heavy atom. The third kappa shape index (κ3) is 5.76. The minimum atomic E-state index is -0.978. The van der Waals surface area contributed by atoms with Gasteiger partial charge in [-0.05, 0) is 59.8 Å². The molecule has 0 unspecified atom stereocenters. The van der Waals surface area contributed by atoms with Crippen molar-refractivity contribution >= 4 is 63.8 Å². The number of carbonyl (C=O) groups is 2. The molecule has 0 spiro atoms. The van der Waals surface area contributed by atoms with Crippen molar-refractivity contribution in [2.45, 2.75) is 6.61 Å². The van der Waals surface area contributed by atoms with Gasteiger partial charge in [0.2, 0.25) is 0 Å². The van der Waals surface area contributed by atoms with Gasteiger partial charge in [0.25, 0.3) is 5.91 Å². The lowest BCUT2D eigenvalue weighted by molar-refractivity contribution is -0.115. The number of rotatable bonds is 6. The highest BCUT2D eigenvalue weighted by molar-refractivity contribution is 8.18. The molecule has 166 valence electrons. The van der Waals surface area contributed by atoms with Gasteiger partial charge in [0.15, 0.2) is 5.17 Å². The van der Waals surface area contributed by atoms with Gasteiger partial charge in [-0.15, -0.1) is 0 Å². The molecule has 0 aliphatic carbocycles. The van der Waals surface area contributed by atoms with Crippen LogP contribution in [0.15, 0.2) is 76.6 Å². The summed E-state index contributed by atoms with van der Waals surface area (Å²) >= 11 is 13.2. The van der Waals surface area contributed by atoms with E-state index < -0.39 is 5.97 Å². The Morgan fingerprint density at radius 2 is 1.82 bits per heavy atom. The molecule has 1 heterocycles. The predicted molar refractivity (Wildman–Crippen MR) is 131 cm³/mol. The van der Waals surface area contributed by atoms with E-state index in [9.17, 15) is 9.59 Å². The zero-order valence-corrected chi connectivity index (χ0v) is 19.2. The van der Waals surface area contributed by atoms with Crippen molar-refractivity contribution in [1.29, 1.82) is 0 Å².